The van der Waals surface area contributed by atoms with Crippen molar-refractivity contribution >= 4 is 5.97 Å². The van der Waals surface area contributed by atoms with E-state index in [0.29, 0.717) is 12.5 Å². The molecule has 0 spiro atoms. The van der Waals surface area contributed by atoms with Crippen LogP contribution in [0.3, 0.4) is 0 Å². The van der Waals surface area contributed by atoms with Crippen LogP contribution in [0.1, 0.15) is 57.8 Å². The van der Waals surface area contributed by atoms with E-state index in [-0.39, 0.29) is 24.1 Å². The van der Waals surface area contributed by atoms with Crippen molar-refractivity contribution in [3.8, 4) is 0 Å². The molecule has 0 aliphatic heterocycles. The summed E-state index contributed by atoms with van der Waals surface area (Å²) in [6.45, 7) is 0.448. The Labute approximate surface area is 121 Å². The Kier molecular flexibility index (Phi) is 6.30. The predicted molar refractivity (Wildman–Crippen MR) is 76.3 cm³/mol. The fourth-order valence-electron chi connectivity index (χ4n) is 3.58. The summed E-state index contributed by atoms with van der Waals surface area (Å²) in [6, 6.07) is 0. The number of ether oxygens (including phenoxy) is 2. The van der Waals surface area contributed by atoms with E-state index >= 15 is 0 Å². The van der Waals surface area contributed by atoms with E-state index in [2.05, 4.69) is 0 Å². The second kappa shape index (κ2) is 7.99. The van der Waals surface area contributed by atoms with E-state index in [4.69, 9.17) is 9.47 Å². The second-order valence-electron chi connectivity index (χ2n) is 6.37. The predicted octanol–water partition coefficient (Wildman–Crippen LogP) is 2.68. The lowest BCUT2D eigenvalue weighted by molar-refractivity contribution is -0.147. The van der Waals surface area contributed by atoms with E-state index in [1.807, 2.05) is 0 Å². The summed E-state index contributed by atoms with van der Waals surface area (Å²) in [4.78, 5) is 11.4. The maximum Gasteiger partial charge on any atom is 0.308 e. The highest BCUT2D eigenvalue weighted by molar-refractivity contribution is 5.72. The highest BCUT2D eigenvalue weighted by Crippen LogP contribution is 2.30. The van der Waals surface area contributed by atoms with Gasteiger partial charge in [-0.15, -0.1) is 0 Å². The number of aliphatic hydroxyl groups is 1. The minimum absolute atomic E-state index is 0.0447. The Balaban J connectivity index is 1.59. The molecule has 2 saturated carbocycles. The van der Waals surface area contributed by atoms with Crippen molar-refractivity contribution in [2.24, 2.45) is 11.8 Å². The van der Waals surface area contributed by atoms with Crippen LogP contribution in [0.5, 0.6) is 0 Å². The van der Waals surface area contributed by atoms with Gasteiger partial charge in [0.2, 0.25) is 0 Å². The molecule has 0 saturated heterocycles. The standard InChI is InChI=1S/C16H28O4/c1-19-16(18)13-6-8-15(9-7-13)20-11-14(17)10-12-4-2-3-5-12/h12-15,17H,2-11H2,1H3. The van der Waals surface area contributed by atoms with Crippen molar-refractivity contribution in [2.45, 2.75) is 70.0 Å². The van der Waals surface area contributed by atoms with Gasteiger partial charge in [0.15, 0.2) is 0 Å². The number of hydrogen-bond donors (Lipinski definition) is 1. The van der Waals surface area contributed by atoms with Crippen molar-refractivity contribution in [3.05, 3.63) is 0 Å². The minimum Gasteiger partial charge on any atom is -0.469 e. The lowest BCUT2D eigenvalue weighted by Crippen LogP contribution is -2.29. The molecule has 116 valence electrons. The Morgan fingerprint density at radius 3 is 2.40 bits per heavy atom. The molecule has 0 aromatic rings. The van der Waals surface area contributed by atoms with Crippen LogP contribution in [-0.2, 0) is 14.3 Å². The fraction of sp³-hybridized carbons (Fsp3) is 0.938. The maximum atomic E-state index is 11.4. The summed E-state index contributed by atoms with van der Waals surface area (Å²) in [6.07, 6.45) is 9.41. The summed E-state index contributed by atoms with van der Waals surface area (Å²) in [5.41, 5.74) is 0. The first-order chi connectivity index (χ1) is 9.69. The van der Waals surface area contributed by atoms with Crippen molar-refractivity contribution in [2.75, 3.05) is 13.7 Å². The Hall–Kier alpha value is -0.610. The molecule has 0 heterocycles. The molecule has 4 heteroatoms. The van der Waals surface area contributed by atoms with Crippen LogP contribution in [-0.4, -0.2) is 37.0 Å². The summed E-state index contributed by atoms with van der Waals surface area (Å²) in [7, 11) is 1.45. The van der Waals surface area contributed by atoms with Gasteiger partial charge < -0.3 is 14.6 Å². The van der Waals surface area contributed by atoms with Crippen molar-refractivity contribution in [3.63, 3.8) is 0 Å². The zero-order chi connectivity index (χ0) is 14.4. The van der Waals surface area contributed by atoms with E-state index in [1.165, 1.54) is 32.8 Å². The molecule has 1 N–H and O–H groups in total. The van der Waals surface area contributed by atoms with E-state index in [0.717, 1.165) is 32.1 Å². The first-order valence-corrected chi connectivity index (χ1v) is 8.06. The molecule has 1 atom stereocenters. The molecule has 0 bridgehead atoms. The van der Waals surface area contributed by atoms with Gasteiger partial charge in [0, 0.05) is 0 Å². The van der Waals surface area contributed by atoms with Crippen LogP contribution in [0.25, 0.3) is 0 Å². The van der Waals surface area contributed by atoms with Crippen LogP contribution in [0.4, 0.5) is 0 Å². The molecule has 2 rings (SSSR count). The zero-order valence-corrected chi connectivity index (χ0v) is 12.6. The molecule has 2 fully saturated rings. The summed E-state index contributed by atoms with van der Waals surface area (Å²) in [5, 5.41) is 10.0. The molecule has 4 nitrogen and oxygen atoms in total. The van der Waals surface area contributed by atoms with Gasteiger partial charge in [0.05, 0.1) is 31.8 Å². The quantitative estimate of drug-likeness (QED) is 0.762. The maximum absolute atomic E-state index is 11.4. The van der Waals surface area contributed by atoms with Gasteiger partial charge in [0.25, 0.3) is 0 Å². The topological polar surface area (TPSA) is 55.8 Å². The van der Waals surface area contributed by atoms with Gasteiger partial charge in [-0.1, -0.05) is 25.7 Å². The Bertz CT molecular complexity index is 291. The third kappa shape index (κ3) is 4.74. The van der Waals surface area contributed by atoms with Gasteiger partial charge in [-0.05, 0) is 38.0 Å². The lowest BCUT2D eigenvalue weighted by atomic mass is 9.87. The van der Waals surface area contributed by atoms with Gasteiger partial charge in [-0.3, -0.25) is 4.79 Å². The van der Waals surface area contributed by atoms with Crippen LogP contribution >= 0.6 is 0 Å². The average Bonchev–Trinajstić information content (AvgIpc) is 2.97. The summed E-state index contributed by atoms with van der Waals surface area (Å²) in [5.74, 6) is 0.650. The number of carbonyl (C=O) groups is 1. The van der Waals surface area contributed by atoms with Gasteiger partial charge in [0.1, 0.15) is 0 Å². The fourth-order valence-corrected chi connectivity index (χ4v) is 3.58. The van der Waals surface area contributed by atoms with E-state index in [9.17, 15) is 9.90 Å². The molecule has 0 amide bonds. The molecule has 2 aliphatic rings. The SMILES string of the molecule is COC(=O)C1CCC(OCC(O)CC2CCCC2)CC1. The number of aliphatic hydroxyl groups excluding tert-OH is 1. The van der Waals surface area contributed by atoms with Crippen LogP contribution in [0, 0.1) is 11.8 Å². The molecule has 2 aliphatic carbocycles. The Morgan fingerprint density at radius 1 is 1.15 bits per heavy atom. The molecular weight excluding hydrogens is 256 g/mol. The van der Waals surface area contributed by atoms with Crippen LogP contribution in [0.15, 0.2) is 0 Å². The van der Waals surface area contributed by atoms with Crippen molar-refractivity contribution in [1.29, 1.82) is 0 Å². The Morgan fingerprint density at radius 2 is 1.80 bits per heavy atom. The van der Waals surface area contributed by atoms with E-state index < -0.39 is 0 Å². The monoisotopic (exact) mass is 284 g/mol. The smallest absolute Gasteiger partial charge is 0.308 e. The highest BCUT2D eigenvalue weighted by Gasteiger charge is 2.28. The van der Waals surface area contributed by atoms with Crippen molar-refractivity contribution < 1.29 is 19.4 Å². The highest BCUT2D eigenvalue weighted by atomic mass is 16.5. The first-order valence-electron chi connectivity index (χ1n) is 8.06. The molecule has 20 heavy (non-hydrogen) atoms. The third-order valence-electron chi connectivity index (χ3n) is 4.81. The molecular formula is C16H28O4. The van der Waals surface area contributed by atoms with Gasteiger partial charge >= 0.3 is 5.97 Å². The number of carbonyl (C=O) groups excluding carboxylic acids is 1. The largest absolute Gasteiger partial charge is 0.469 e. The minimum atomic E-state index is -0.323. The lowest BCUT2D eigenvalue weighted by Gasteiger charge is -2.28. The summed E-state index contributed by atoms with van der Waals surface area (Å²) >= 11 is 0. The number of rotatable bonds is 6. The van der Waals surface area contributed by atoms with Crippen molar-refractivity contribution in [1.82, 2.24) is 0 Å². The van der Waals surface area contributed by atoms with Crippen LogP contribution in [0.2, 0.25) is 0 Å². The second-order valence-corrected chi connectivity index (χ2v) is 6.37. The number of methoxy groups -OCH3 is 1. The molecule has 0 radical (unpaired) electrons. The number of hydrogen-bond acceptors (Lipinski definition) is 4. The van der Waals surface area contributed by atoms with Crippen LogP contribution < -0.4 is 0 Å². The van der Waals surface area contributed by atoms with Gasteiger partial charge in [-0.25, -0.2) is 0 Å². The zero-order valence-electron chi connectivity index (χ0n) is 12.6. The third-order valence-corrected chi connectivity index (χ3v) is 4.81. The molecule has 1 unspecified atom stereocenters. The number of esters is 1. The van der Waals surface area contributed by atoms with Gasteiger partial charge in [-0.2, -0.15) is 0 Å². The molecule has 0 aromatic heterocycles. The van der Waals surface area contributed by atoms with E-state index in [1.54, 1.807) is 0 Å². The average molecular weight is 284 g/mol. The normalized spacial score (nSPS) is 29.3. The summed E-state index contributed by atoms with van der Waals surface area (Å²) < 4.78 is 10.6. The molecule has 0 aromatic carbocycles. The first kappa shape index (κ1) is 15.8.